The lowest BCUT2D eigenvalue weighted by atomic mass is 10.1. The van der Waals surface area contributed by atoms with Gasteiger partial charge in [-0.1, -0.05) is 25.1 Å². The molecule has 18 heavy (non-hydrogen) atoms. The van der Waals surface area contributed by atoms with Gasteiger partial charge in [0.1, 0.15) is 0 Å². The lowest BCUT2D eigenvalue weighted by molar-refractivity contribution is 0.320. The van der Waals surface area contributed by atoms with Crippen LogP contribution in [0, 0.1) is 0 Å². The molecule has 0 amide bonds. The Morgan fingerprint density at radius 2 is 1.89 bits per heavy atom. The molecule has 1 aliphatic rings. The van der Waals surface area contributed by atoms with Crippen LogP contribution in [0.2, 0.25) is 0 Å². The van der Waals surface area contributed by atoms with Crippen LogP contribution in [0.3, 0.4) is 0 Å². The van der Waals surface area contributed by atoms with Crippen molar-refractivity contribution in [3.05, 3.63) is 29.8 Å². The van der Waals surface area contributed by atoms with Crippen molar-refractivity contribution in [1.29, 1.82) is 0 Å². The van der Waals surface area contributed by atoms with E-state index in [0.29, 0.717) is 18.0 Å². The number of hydrogen-bond donors (Lipinski definition) is 1. The highest BCUT2D eigenvalue weighted by Crippen LogP contribution is 2.23. The number of rotatable bonds is 3. The Hall–Kier alpha value is -0.910. The average molecular weight is 268 g/mol. The van der Waals surface area contributed by atoms with Gasteiger partial charge in [0.15, 0.2) is 0 Å². The molecule has 0 unspecified atom stereocenters. The van der Waals surface area contributed by atoms with Gasteiger partial charge >= 0.3 is 0 Å². The summed E-state index contributed by atoms with van der Waals surface area (Å²) >= 11 is 0. The highest BCUT2D eigenvalue weighted by Gasteiger charge is 2.29. The number of nitrogens with two attached hydrogens (primary N) is 1. The zero-order chi connectivity index (χ0) is 13.2. The van der Waals surface area contributed by atoms with E-state index in [9.17, 15) is 8.42 Å². The van der Waals surface area contributed by atoms with Gasteiger partial charge in [0, 0.05) is 19.1 Å². The Bertz CT molecular complexity index is 505. The monoisotopic (exact) mass is 268 g/mol. The molecule has 0 aromatic heterocycles. The van der Waals surface area contributed by atoms with E-state index in [1.807, 2.05) is 19.1 Å². The van der Waals surface area contributed by atoms with E-state index < -0.39 is 10.0 Å². The molecule has 1 aromatic rings. The quantitative estimate of drug-likeness (QED) is 0.900. The molecule has 2 rings (SSSR count). The fourth-order valence-corrected chi connectivity index (χ4v) is 4.07. The van der Waals surface area contributed by atoms with E-state index in [-0.39, 0.29) is 6.04 Å². The largest absolute Gasteiger partial charge is 0.328 e. The van der Waals surface area contributed by atoms with Crippen LogP contribution in [0.1, 0.15) is 25.3 Å². The summed E-state index contributed by atoms with van der Waals surface area (Å²) in [5, 5.41) is 0. The minimum Gasteiger partial charge on any atom is -0.328 e. The number of benzene rings is 1. The average Bonchev–Trinajstić information content (AvgIpc) is 2.39. The summed E-state index contributed by atoms with van der Waals surface area (Å²) in [5.41, 5.74) is 6.70. The van der Waals surface area contributed by atoms with Crippen molar-refractivity contribution >= 4 is 10.0 Å². The lowest BCUT2D eigenvalue weighted by Gasteiger charge is -2.29. The van der Waals surface area contributed by atoms with Crippen LogP contribution in [0.4, 0.5) is 0 Å². The van der Waals surface area contributed by atoms with Crippen molar-refractivity contribution < 1.29 is 8.42 Å². The number of aryl methyl sites for hydroxylation is 1. The molecule has 5 heteroatoms. The summed E-state index contributed by atoms with van der Waals surface area (Å²) in [7, 11) is -3.35. The summed E-state index contributed by atoms with van der Waals surface area (Å²) < 4.78 is 26.7. The molecule has 0 spiro atoms. The molecule has 1 heterocycles. The molecule has 2 N–H and O–H groups in total. The van der Waals surface area contributed by atoms with E-state index in [2.05, 4.69) is 0 Å². The number of piperidine rings is 1. The molecular formula is C13H20N2O2S. The van der Waals surface area contributed by atoms with Crippen molar-refractivity contribution in [3.8, 4) is 0 Å². The molecule has 0 atom stereocenters. The van der Waals surface area contributed by atoms with Crippen molar-refractivity contribution in [2.75, 3.05) is 13.1 Å². The van der Waals surface area contributed by atoms with E-state index in [0.717, 1.165) is 24.8 Å². The first kappa shape index (κ1) is 13.5. The van der Waals surface area contributed by atoms with Gasteiger partial charge in [0.05, 0.1) is 4.90 Å². The standard InChI is InChI=1S/C13H20N2O2S/c1-2-11-5-3-4-6-13(11)18(16,17)15-9-7-12(14)8-10-15/h3-6,12H,2,7-10,14H2,1H3. The first-order chi connectivity index (χ1) is 8.55. The molecular weight excluding hydrogens is 248 g/mol. The summed E-state index contributed by atoms with van der Waals surface area (Å²) in [6.45, 7) is 3.03. The molecule has 0 radical (unpaired) electrons. The maximum Gasteiger partial charge on any atom is 0.243 e. The van der Waals surface area contributed by atoms with Gasteiger partial charge in [-0.3, -0.25) is 0 Å². The van der Waals surface area contributed by atoms with E-state index in [4.69, 9.17) is 5.73 Å². The summed E-state index contributed by atoms with van der Waals surface area (Å²) in [5.74, 6) is 0. The molecule has 4 nitrogen and oxygen atoms in total. The molecule has 0 aliphatic carbocycles. The Morgan fingerprint density at radius 1 is 1.28 bits per heavy atom. The second-order valence-corrected chi connectivity index (χ2v) is 6.61. The maximum atomic E-state index is 12.6. The van der Waals surface area contributed by atoms with Crippen molar-refractivity contribution in [2.24, 2.45) is 5.73 Å². The molecule has 1 aliphatic heterocycles. The van der Waals surface area contributed by atoms with Crippen LogP contribution in [0.5, 0.6) is 0 Å². The highest BCUT2D eigenvalue weighted by atomic mass is 32.2. The van der Waals surface area contributed by atoms with Gasteiger partial charge < -0.3 is 5.73 Å². The van der Waals surface area contributed by atoms with Gasteiger partial charge in [-0.15, -0.1) is 0 Å². The highest BCUT2D eigenvalue weighted by molar-refractivity contribution is 7.89. The van der Waals surface area contributed by atoms with Crippen molar-refractivity contribution in [3.63, 3.8) is 0 Å². The molecule has 100 valence electrons. The van der Waals surface area contributed by atoms with Crippen LogP contribution in [-0.2, 0) is 16.4 Å². The first-order valence-corrected chi connectivity index (χ1v) is 7.83. The van der Waals surface area contributed by atoms with Crippen LogP contribution >= 0.6 is 0 Å². The Balaban J connectivity index is 2.30. The number of nitrogens with zero attached hydrogens (tertiary/aromatic N) is 1. The molecule has 0 bridgehead atoms. The van der Waals surface area contributed by atoms with Gasteiger partial charge in [-0.25, -0.2) is 8.42 Å². The third-order valence-corrected chi connectivity index (χ3v) is 5.47. The number of hydrogen-bond acceptors (Lipinski definition) is 3. The van der Waals surface area contributed by atoms with Crippen LogP contribution in [-0.4, -0.2) is 31.9 Å². The second-order valence-electron chi connectivity index (χ2n) is 4.70. The van der Waals surface area contributed by atoms with Gasteiger partial charge in [0.2, 0.25) is 10.0 Å². The predicted molar refractivity (Wildman–Crippen MR) is 71.8 cm³/mol. The maximum absolute atomic E-state index is 12.6. The Morgan fingerprint density at radius 3 is 2.50 bits per heavy atom. The summed E-state index contributed by atoms with van der Waals surface area (Å²) in [4.78, 5) is 0.447. The fourth-order valence-electron chi connectivity index (χ4n) is 2.30. The molecule has 1 saturated heterocycles. The molecule has 1 fully saturated rings. The third-order valence-electron chi connectivity index (χ3n) is 3.47. The SMILES string of the molecule is CCc1ccccc1S(=O)(=O)N1CCC(N)CC1. The van der Waals surface area contributed by atoms with Crippen LogP contribution in [0.15, 0.2) is 29.2 Å². The van der Waals surface area contributed by atoms with E-state index >= 15 is 0 Å². The normalized spacial score (nSPS) is 19.0. The smallest absolute Gasteiger partial charge is 0.243 e. The topological polar surface area (TPSA) is 63.4 Å². The van der Waals surface area contributed by atoms with Gasteiger partial charge in [-0.05, 0) is 30.9 Å². The molecule has 0 saturated carbocycles. The van der Waals surface area contributed by atoms with Crippen LogP contribution in [0.25, 0.3) is 0 Å². The fraction of sp³-hybridized carbons (Fsp3) is 0.538. The van der Waals surface area contributed by atoms with Gasteiger partial charge in [0.25, 0.3) is 0 Å². The first-order valence-electron chi connectivity index (χ1n) is 6.39. The summed E-state index contributed by atoms with van der Waals surface area (Å²) in [6.07, 6.45) is 2.21. The van der Waals surface area contributed by atoms with Crippen LogP contribution < -0.4 is 5.73 Å². The molecule has 1 aromatic carbocycles. The minimum absolute atomic E-state index is 0.137. The Kier molecular flexibility index (Phi) is 4.04. The minimum atomic E-state index is -3.35. The van der Waals surface area contributed by atoms with Crippen molar-refractivity contribution in [2.45, 2.75) is 37.1 Å². The zero-order valence-electron chi connectivity index (χ0n) is 10.7. The predicted octanol–water partition coefficient (Wildman–Crippen LogP) is 1.36. The van der Waals surface area contributed by atoms with E-state index in [1.165, 1.54) is 0 Å². The van der Waals surface area contributed by atoms with E-state index in [1.54, 1.807) is 16.4 Å². The number of sulfonamides is 1. The summed E-state index contributed by atoms with van der Waals surface area (Å²) in [6, 6.07) is 7.37. The van der Waals surface area contributed by atoms with Crippen molar-refractivity contribution in [1.82, 2.24) is 4.31 Å². The lowest BCUT2D eigenvalue weighted by Crippen LogP contribution is -2.42. The van der Waals surface area contributed by atoms with Gasteiger partial charge in [-0.2, -0.15) is 4.31 Å². The Labute approximate surface area is 109 Å². The third kappa shape index (κ3) is 2.58. The second kappa shape index (κ2) is 5.38. The zero-order valence-corrected chi connectivity index (χ0v) is 11.5.